The molecular weight excluding hydrogens is 400 g/mol. The van der Waals surface area contributed by atoms with Gasteiger partial charge in [0.05, 0.1) is 17.7 Å². The van der Waals surface area contributed by atoms with Gasteiger partial charge in [0.2, 0.25) is 0 Å². The lowest BCUT2D eigenvalue weighted by molar-refractivity contribution is 0.198. The summed E-state index contributed by atoms with van der Waals surface area (Å²) in [6.45, 7) is 6.11. The molecule has 0 aliphatic carbocycles. The molecule has 2 aromatic rings. The number of rotatable bonds is 11. The van der Waals surface area contributed by atoms with E-state index in [1.807, 2.05) is 43.3 Å². The second-order valence-corrected chi connectivity index (χ2v) is 7.37. The molecule has 2 rings (SSSR count). The molecule has 1 atom stereocenters. The number of benzene rings is 2. The number of hydrogen-bond donors (Lipinski definition) is 3. The maximum absolute atomic E-state index is 10.7. The van der Waals surface area contributed by atoms with Gasteiger partial charge in [-0.15, -0.1) is 0 Å². The monoisotopic (exact) mass is 428 g/mol. The predicted octanol–water partition coefficient (Wildman–Crippen LogP) is 5.53. The van der Waals surface area contributed by atoms with Crippen LogP contribution in [0.1, 0.15) is 31.7 Å². The molecule has 1 unspecified atom stereocenters. The first-order valence-corrected chi connectivity index (χ1v) is 10.3. The summed E-state index contributed by atoms with van der Waals surface area (Å²) < 4.78 is 5.71. The highest BCUT2D eigenvalue weighted by molar-refractivity contribution is 6.32. The van der Waals surface area contributed by atoms with Crippen molar-refractivity contribution >= 4 is 17.7 Å². The van der Waals surface area contributed by atoms with E-state index in [1.54, 1.807) is 18.2 Å². The molecule has 0 heterocycles. The molecule has 0 aliphatic rings. The highest BCUT2D eigenvalue weighted by Gasteiger charge is 2.15. The Balaban J connectivity index is 2.00. The van der Waals surface area contributed by atoms with Gasteiger partial charge in [0.15, 0.2) is 0 Å². The summed E-state index contributed by atoms with van der Waals surface area (Å²) in [7, 11) is 0. The van der Waals surface area contributed by atoms with Crippen molar-refractivity contribution in [3.63, 3.8) is 0 Å². The Morgan fingerprint density at radius 3 is 2.57 bits per heavy atom. The van der Waals surface area contributed by atoms with Crippen LogP contribution < -0.4 is 4.74 Å². The van der Waals surface area contributed by atoms with Crippen molar-refractivity contribution in [2.45, 2.75) is 32.3 Å². The average Bonchev–Trinajstić information content (AvgIpc) is 2.75. The predicted molar refractivity (Wildman–Crippen MR) is 123 cm³/mol. The van der Waals surface area contributed by atoms with Crippen LogP contribution in [0.25, 0.3) is 6.08 Å². The van der Waals surface area contributed by atoms with E-state index in [0.717, 1.165) is 23.3 Å². The number of aliphatic hydroxyl groups is 2. The number of phenols is 1. The summed E-state index contributed by atoms with van der Waals surface area (Å²) in [4.78, 5) is 0. The van der Waals surface area contributed by atoms with E-state index in [1.165, 1.54) is 6.07 Å². The number of aliphatic hydroxyl groups excluding tert-OH is 2. The third-order valence-corrected chi connectivity index (χ3v) is 5.10. The number of aromatic hydroxyl groups is 1. The zero-order chi connectivity index (χ0) is 21.9. The molecule has 0 bridgehead atoms. The van der Waals surface area contributed by atoms with Gasteiger partial charge >= 0.3 is 0 Å². The zero-order valence-corrected chi connectivity index (χ0v) is 18.0. The molecule has 0 saturated heterocycles. The zero-order valence-electron chi connectivity index (χ0n) is 17.2. The minimum atomic E-state index is -0.769. The number of para-hydroxylation sites is 1. The van der Waals surface area contributed by atoms with Gasteiger partial charge in [-0.3, -0.25) is 0 Å². The Morgan fingerprint density at radius 1 is 1.20 bits per heavy atom. The van der Waals surface area contributed by atoms with Crippen LogP contribution in [0.3, 0.4) is 0 Å². The molecule has 160 valence electrons. The van der Waals surface area contributed by atoms with Crippen LogP contribution >= 0.6 is 11.6 Å². The fourth-order valence-electron chi connectivity index (χ4n) is 3.07. The summed E-state index contributed by atoms with van der Waals surface area (Å²) in [6.07, 6.45) is 4.73. The van der Waals surface area contributed by atoms with Crippen LogP contribution in [-0.4, -0.2) is 34.6 Å². The lowest BCUT2D eigenvalue weighted by Gasteiger charge is -2.19. The number of hydrogen-bond acceptors (Lipinski definition) is 4. The molecule has 4 nitrogen and oxygen atoms in total. The SMILES string of the molecule is C=C(COc1ccccc1)/C(=C/CO)C(O)CC/C(=C/c1ccc(O)cc1Cl)CC. The first-order valence-electron chi connectivity index (χ1n) is 9.97. The second-order valence-electron chi connectivity index (χ2n) is 6.96. The minimum Gasteiger partial charge on any atom is -0.508 e. The largest absolute Gasteiger partial charge is 0.508 e. The highest BCUT2D eigenvalue weighted by atomic mass is 35.5. The Hall–Kier alpha value is -2.53. The first kappa shape index (κ1) is 23.7. The maximum atomic E-state index is 10.7. The van der Waals surface area contributed by atoms with E-state index in [9.17, 15) is 15.3 Å². The normalized spacial score (nSPS) is 13.2. The molecule has 0 radical (unpaired) electrons. The fourth-order valence-corrected chi connectivity index (χ4v) is 3.30. The van der Waals surface area contributed by atoms with Crippen molar-refractivity contribution in [1.82, 2.24) is 0 Å². The van der Waals surface area contributed by atoms with Crippen LogP contribution in [-0.2, 0) is 0 Å². The van der Waals surface area contributed by atoms with Crippen LogP contribution in [0, 0.1) is 0 Å². The Bertz CT molecular complexity index is 887. The van der Waals surface area contributed by atoms with Gasteiger partial charge < -0.3 is 20.1 Å². The lowest BCUT2D eigenvalue weighted by Crippen LogP contribution is -2.16. The van der Waals surface area contributed by atoms with E-state index < -0.39 is 6.10 Å². The highest BCUT2D eigenvalue weighted by Crippen LogP contribution is 2.27. The number of ether oxygens (including phenoxy) is 1. The van der Waals surface area contributed by atoms with E-state index in [4.69, 9.17) is 16.3 Å². The molecular formula is C25H29ClO4. The van der Waals surface area contributed by atoms with Crippen LogP contribution in [0.2, 0.25) is 5.02 Å². The van der Waals surface area contributed by atoms with Crippen molar-refractivity contribution in [2.75, 3.05) is 13.2 Å². The minimum absolute atomic E-state index is 0.126. The van der Waals surface area contributed by atoms with Crippen molar-refractivity contribution in [3.05, 3.63) is 88.5 Å². The van der Waals surface area contributed by atoms with Gasteiger partial charge in [0.25, 0.3) is 0 Å². The van der Waals surface area contributed by atoms with Gasteiger partial charge in [0, 0.05) is 0 Å². The van der Waals surface area contributed by atoms with E-state index in [0.29, 0.717) is 29.0 Å². The fraction of sp³-hybridized carbons (Fsp3) is 0.280. The average molecular weight is 429 g/mol. The molecule has 3 N–H and O–H groups in total. The third-order valence-electron chi connectivity index (χ3n) is 4.77. The topological polar surface area (TPSA) is 69.9 Å². The smallest absolute Gasteiger partial charge is 0.119 e. The molecule has 0 fully saturated rings. The number of phenolic OH excluding ortho intramolecular Hbond substituents is 1. The molecule has 30 heavy (non-hydrogen) atoms. The summed E-state index contributed by atoms with van der Waals surface area (Å²) in [5.74, 6) is 0.846. The number of allylic oxidation sites excluding steroid dienone is 1. The molecule has 0 aliphatic heterocycles. The van der Waals surface area contributed by atoms with Gasteiger partial charge in [-0.2, -0.15) is 0 Å². The first-order chi connectivity index (χ1) is 14.4. The van der Waals surface area contributed by atoms with Gasteiger partial charge in [-0.1, -0.05) is 61.0 Å². The summed E-state index contributed by atoms with van der Waals surface area (Å²) in [5, 5.41) is 30.1. The van der Waals surface area contributed by atoms with Crippen molar-refractivity contribution in [1.29, 1.82) is 0 Å². The maximum Gasteiger partial charge on any atom is 0.119 e. The molecule has 0 amide bonds. The molecule has 0 spiro atoms. The van der Waals surface area contributed by atoms with Gasteiger partial charge in [0.1, 0.15) is 18.1 Å². The van der Waals surface area contributed by atoms with Crippen LogP contribution in [0.15, 0.2) is 77.9 Å². The quantitative estimate of drug-likeness (QED) is 0.411. The van der Waals surface area contributed by atoms with Crippen LogP contribution in [0.4, 0.5) is 0 Å². The van der Waals surface area contributed by atoms with E-state index in [-0.39, 0.29) is 19.0 Å². The third kappa shape index (κ3) is 7.38. The van der Waals surface area contributed by atoms with Gasteiger partial charge in [-0.05, 0) is 66.3 Å². The Kier molecular flexibility index (Phi) is 9.68. The van der Waals surface area contributed by atoms with Crippen LogP contribution in [0.5, 0.6) is 11.5 Å². The van der Waals surface area contributed by atoms with Crippen molar-refractivity contribution in [2.24, 2.45) is 0 Å². The standard InChI is InChI=1S/C25H29ClO4/c1-3-19(15-20-10-11-21(28)16-24(20)26)9-12-25(29)23(13-14-27)18(2)17-30-22-7-5-4-6-8-22/h4-8,10-11,13,15-16,25,27-29H,2-3,9,12,14,17H2,1H3/b19-15+,23-13-. The molecule has 2 aromatic carbocycles. The van der Waals surface area contributed by atoms with Crippen molar-refractivity contribution < 1.29 is 20.1 Å². The van der Waals surface area contributed by atoms with Gasteiger partial charge in [-0.25, -0.2) is 0 Å². The van der Waals surface area contributed by atoms with E-state index in [2.05, 4.69) is 6.58 Å². The molecule has 0 aromatic heterocycles. The summed E-state index contributed by atoms with van der Waals surface area (Å²) in [5.41, 5.74) is 3.17. The Morgan fingerprint density at radius 2 is 1.93 bits per heavy atom. The lowest BCUT2D eigenvalue weighted by atomic mass is 9.95. The molecule has 0 saturated carbocycles. The van der Waals surface area contributed by atoms with E-state index >= 15 is 0 Å². The molecule has 5 heteroatoms. The summed E-state index contributed by atoms with van der Waals surface area (Å²) in [6, 6.07) is 14.3. The van der Waals surface area contributed by atoms with Crippen molar-refractivity contribution in [3.8, 4) is 11.5 Å². The second kappa shape index (κ2) is 12.2. The Labute approximate surface area is 183 Å². The summed E-state index contributed by atoms with van der Waals surface area (Å²) >= 11 is 6.20. The number of halogens is 1.